The van der Waals surface area contributed by atoms with Gasteiger partial charge >= 0.3 is 0 Å². The molecule has 1 saturated carbocycles. The van der Waals surface area contributed by atoms with Gasteiger partial charge in [-0.2, -0.15) is 0 Å². The summed E-state index contributed by atoms with van der Waals surface area (Å²) in [6.07, 6.45) is 14.4. The molecule has 0 radical (unpaired) electrons. The van der Waals surface area contributed by atoms with Crippen molar-refractivity contribution in [2.24, 2.45) is 5.92 Å². The second kappa shape index (κ2) is 9.15. The molecule has 0 aliphatic heterocycles. The lowest BCUT2D eigenvalue weighted by Crippen LogP contribution is -2.37. The average molecular weight is 439 g/mol. The molecule has 0 bridgehead atoms. The third-order valence-electron chi connectivity index (χ3n) is 6.70. The molecule has 1 atom stereocenters. The maximum atomic E-state index is 6.25. The molecule has 2 nitrogen and oxygen atoms in total. The predicted molar refractivity (Wildman–Crippen MR) is 134 cm³/mol. The van der Waals surface area contributed by atoms with Crippen molar-refractivity contribution in [1.29, 1.82) is 0 Å². The zero-order valence-corrected chi connectivity index (χ0v) is 21.2. The molecule has 1 unspecified atom stereocenters. The second-order valence-corrected chi connectivity index (χ2v) is 17.5. The van der Waals surface area contributed by atoms with Crippen LogP contribution in [0.1, 0.15) is 44.1 Å². The van der Waals surface area contributed by atoms with E-state index in [1.54, 1.807) is 0 Å². The van der Waals surface area contributed by atoms with E-state index in [2.05, 4.69) is 81.8 Å². The van der Waals surface area contributed by atoms with Crippen LogP contribution in [-0.4, -0.2) is 16.6 Å². The number of allylic oxidation sites excluding steroid dienone is 3. The van der Waals surface area contributed by atoms with Crippen molar-refractivity contribution >= 4 is 16.6 Å². The Kier molecular flexibility index (Phi) is 6.98. The fourth-order valence-corrected chi connectivity index (χ4v) is 6.36. The van der Waals surface area contributed by atoms with Crippen molar-refractivity contribution in [3.8, 4) is 5.75 Å². The molecule has 0 spiro atoms. The quantitative estimate of drug-likeness (QED) is 0.389. The normalized spacial score (nSPS) is 21.5. The smallest absolute Gasteiger partial charge is 0.269 e. The van der Waals surface area contributed by atoms with E-state index in [0.717, 1.165) is 17.9 Å². The van der Waals surface area contributed by atoms with Gasteiger partial charge in [0.2, 0.25) is 0 Å². The van der Waals surface area contributed by atoms with Gasteiger partial charge in [-0.3, -0.25) is 0 Å². The third kappa shape index (κ3) is 5.27. The topological polar surface area (TPSA) is 18.5 Å². The molecule has 162 valence electrons. The van der Waals surface area contributed by atoms with Crippen LogP contribution in [0.15, 0.2) is 72.8 Å². The zero-order valence-electron chi connectivity index (χ0n) is 19.2. The molecule has 1 aromatic carbocycles. The minimum absolute atomic E-state index is 0.214. The first kappa shape index (κ1) is 22.9. The highest BCUT2D eigenvalue weighted by atomic mass is 28.4. The van der Waals surface area contributed by atoms with E-state index < -0.39 is 16.6 Å². The number of hydrogen-bond acceptors (Lipinski definition) is 2. The molecule has 0 aromatic heterocycles. The average Bonchev–Trinajstić information content (AvgIpc) is 2.75. The van der Waals surface area contributed by atoms with Crippen LogP contribution in [-0.2, 0) is 9.84 Å². The minimum Gasteiger partial charge on any atom is -0.540 e. The van der Waals surface area contributed by atoms with Crippen LogP contribution in [0.5, 0.6) is 5.75 Å². The van der Waals surface area contributed by atoms with E-state index in [9.17, 15) is 0 Å². The maximum absolute atomic E-state index is 6.25. The van der Waals surface area contributed by atoms with E-state index in [1.807, 2.05) is 11.4 Å². The van der Waals surface area contributed by atoms with Crippen LogP contribution < -0.4 is 4.43 Å². The molecular formula is C26H38O2Si2. The maximum Gasteiger partial charge on any atom is 0.269 e. The van der Waals surface area contributed by atoms with Gasteiger partial charge in [-0.1, -0.05) is 48.9 Å². The number of benzene rings is 1. The van der Waals surface area contributed by atoms with Crippen LogP contribution in [0.4, 0.5) is 0 Å². The minimum atomic E-state index is -1.83. The third-order valence-corrected chi connectivity index (χ3v) is 10.2. The Hall–Kier alpha value is -1.79. The molecule has 2 aliphatic rings. The molecule has 0 heterocycles. The summed E-state index contributed by atoms with van der Waals surface area (Å²) in [6.45, 7) is 16.6. The Balaban J connectivity index is 1.81. The van der Waals surface area contributed by atoms with Gasteiger partial charge in [0.05, 0.1) is 5.76 Å². The molecule has 4 heteroatoms. The lowest BCUT2D eigenvalue weighted by molar-refractivity contribution is 0.220. The SMILES string of the molecule is C=C[Si](C)(C)OC1=CCC(C2(c3ccc(O[Si](C)(C)C=C)cc3)CCCCC2)C=C1. The van der Waals surface area contributed by atoms with Crippen LogP contribution in [0.25, 0.3) is 0 Å². The van der Waals surface area contributed by atoms with Gasteiger partial charge in [-0.25, -0.2) is 0 Å². The van der Waals surface area contributed by atoms with Crippen LogP contribution in [0, 0.1) is 5.92 Å². The molecule has 0 amide bonds. The molecule has 1 fully saturated rings. The Morgan fingerprint density at radius 1 is 0.900 bits per heavy atom. The van der Waals surface area contributed by atoms with Gasteiger partial charge < -0.3 is 8.85 Å². The zero-order chi connectivity index (χ0) is 21.8. The summed E-state index contributed by atoms with van der Waals surface area (Å²) in [5.74, 6) is 2.51. The van der Waals surface area contributed by atoms with E-state index in [1.165, 1.54) is 37.7 Å². The van der Waals surface area contributed by atoms with Crippen molar-refractivity contribution < 1.29 is 8.85 Å². The van der Waals surface area contributed by atoms with Gasteiger partial charge in [-0.05, 0) is 81.2 Å². The number of hydrogen-bond donors (Lipinski definition) is 0. The lowest BCUT2D eigenvalue weighted by atomic mass is 9.60. The predicted octanol–water partition coefficient (Wildman–Crippen LogP) is 7.60. The molecular weight excluding hydrogens is 400 g/mol. The molecule has 1 aromatic rings. The van der Waals surface area contributed by atoms with Crippen molar-refractivity contribution in [1.82, 2.24) is 0 Å². The first-order chi connectivity index (χ1) is 14.2. The van der Waals surface area contributed by atoms with Gasteiger partial charge in [0, 0.05) is 5.41 Å². The molecule has 0 N–H and O–H groups in total. The van der Waals surface area contributed by atoms with E-state index in [-0.39, 0.29) is 5.41 Å². The summed E-state index contributed by atoms with van der Waals surface area (Å²) in [7, 11) is -3.64. The summed E-state index contributed by atoms with van der Waals surface area (Å²) < 4.78 is 12.5. The molecule has 2 aliphatic carbocycles. The Morgan fingerprint density at radius 2 is 1.50 bits per heavy atom. The first-order valence-corrected chi connectivity index (χ1v) is 17.3. The Bertz CT molecular complexity index is 812. The van der Waals surface area contributed by atoms with Crippen LogP contribution >= 0.6 is 0 Å². The fraction of sp³-hybridized carbons (Fsp3) is 0.462. The molecule has 3 rings (SSSR count). The van der Waals surface area contributed by atoms with Crippen molar-refractivity contribution in [3.63, 3.8) is 0 Å². The van der Waals surface area contributed by atoms with E-state index in [4.69, 9.17) is 8.85 Å². The summed E-state index contributed by atoms with van der Waals surface area (Å²) in [5.41, 5.74) is 5.66. The lowest BCUT2D eigenvalue weighted by Gasteiger charge is -2.44. The molecule has 30 heavy (non-hydrogen) atoms. The monoisotopic (exact) mass is 438 g/mol. The highest BCUT2D eigenvalue weighted by Crippen LogP contribution is 2.48. The Labute approximate surface area is 185 Å². The fourth-order valence-electron chi connectivity index (χ4n) is 4.69. The van der Waals surface area contributed by atoms with Gasteiger partial charge in [0.15, 0.2) is 0 Å². The largest absolute Gasteiger partial charge is 0.540 e. The standard InChI is InChI=1S/C26H38O2Si2/c1-7-29(3,4)27-24-16-12-22(13-17-24)26(20-10-9-11-21-26)23-14-18-25(19-15-23)28-30(5,6)8-2/h7-8,12-14,16-19,23H,1-2,9-11,15,20-21H2,3-6H3. The summed E-state index contributed by atoms with van der Waals surface area (Å²) in [5, 5.41) is 0. The van der Waals surface area contributed by atoms with Crippen LogP contribution in [0.2, 0.25) is 26.2 Å². The molecule has 0 saturated heterocycles. The van der Waals surface area contributed by atoms with Crippen molar-refractivity contribution in [2.45, 2.75) is 70.1 Å². The first-order valence-electron chi connectivity index (χ1n) is 11.3. The second-order valence-electron chi connectivity index (χ2n) is 9.87. The summed E-state index contributed by atoms with van der Waals surface area (Å²) in [4.78, 5) is 0. The van der Waals surface area contributed by atoms with Crippen molar-refractivity contribution in [3.05, 3.63) is 78.4 Å². The van der Waals surface area contributed by atoms with Crippen molar-refractivity contribution in [2.75, 3.05) is 0 Å². The number of rotatable bonds is 8. The van der Waals surface area contributed by atoms with E-state index >= 15 is 0 Å². The Morgan fingerprint density at radius 3 is 2.03 bits per heavy atom. The van der Waals surface area contributed by atoms with Crippen LogP contribution in [0.3, 0.4) is 0 Å². The van der Waals surface area contributed by atoms with E-state index in [0.29, 0.717) is 5.92 Å². The highest BCUT2D eigenvalue weighted by Gasteiger charge is 2.40. The van der Waals surface area contributed by atoms with Gasteiger partial charge in [0.25, 0.3) is 16.6 Å². The summed E-state index contributed by atoms with van der Waals surface area (Å²) in [6, 6.07) is 8.95. The highest BCUT2D eigenvalue weighted by molar-refractivity contribution is 6.77. The van der Waals surface area contributed by atoms with Gasteiger partial charge in [-0.15, -0.1) is 13.2 Å². The summed E-state index contributed by atoms with van der Waals surface area (Å²) >= 11 is 0. The van der Waals surface area contributed by atoms with Gasteiger partial charge in [0.1, 0.15) is 5.75 Å².